The molecule has 1 atom stereocenters. The number of carboxylic acid groups (broad SMARTS) is 1. The maximum absolute atomic E-state index is 11.6. The highest BCUT2D eigenvalue weighted by Crippen LogP contribution is 2.29. The van der Waals surface area contributed by atoms with Gasteiger partial charge in [0, 0.05) is 12.1 Å². The molecule has 3 N–H and O–H groups in total. The van der Waals surface area contributed by atoms with Crippen LogP contribution in [0.15, 0.2) is 84.9 Å². The molecule has 0 spiro atoms. The summed E-state index contributed by atoms with van der Waals surface area (Å²) in [5.41, 5.74) is 2.53. The molecule has 0 saturated heterocycles. The van der Waals surface area contributed by atoms with Crippen LogP contribution in [0.3, 0.4) is 0 Å². The molecule has 0 radical (unpaired) electrons. The third-order valence-corrected chi connectivity index (χ3v) is 6.28. The number of nitrogens with one attached hydrogen (secondary N) is 1. The summed E-state index contributed by atoms with van der Waals surface area (Å²) < 4.78 is 5.76. The number of fused-ring (bicyclic) bond motifs is 1. The Kier molecular flexibility index (Phi) is 9.49. The summed E-state index contributed by atoms with van der Waals surface area (Å²) in [7, 11) is 0. The van der Waals surface area contributed by atoms with E-state index >= 15 is 0 Å². The molecule has 0 aliphatic rings. The van der Waals surface area contributed by atoms with Crippen molar-refractivity contribution < 1.29 is 19.7 Å². The van der Waals surface area contributed by atoms with E-state index in [4.69, 9.17) is 4.74 Å². The summed E-state index contributed by atoms with van der Waals surface area (Å²) >= 11 is 0. The summed E-state index contributed by atoms with van der Waals surface area (Å²) in [6, 6.07) is 28.4. The number of carbonyl (C=O) groups is 1. The highest BCUT2D eigenvalue weighted by atomic mass is 35.5. The predicted molar refractivity (Wildman–Crippen MR) is 152 cm³/mol. The Morgan fingerprint density at radius 1 is 1.00 bits per heavy atom. The standard InChI is InChI=1S/C31H30N2O4.ClH/c1-31(2,17-21-11-12-22-7-3-4-8-23(22)15-21)33-19-26(34)20-37-29-14-13-24(16-25(29)18-32)27-9-5-6-10-28(27)30(35)36;/h3-16,26,33-34H,17,19-20H2,1-2H3,(H,35,36);1H/t26-;/m1./s1. The number of hydrogen-bond donors (Lipinski definition) is 3. The lowest BCUT2D eigenvalue weighted by Crippen LogP contribution is -2.46. The van der Waals surface area contributed by atoms with Crippen molar-refractivity contribution in [2.45, 2.75) is 31.9 Å². The van der Waals surface area contributed by atoms with Gasteiger partial charge in [0.15, 0.2) is 0 Å². The van der Waals surface area contributed by atoms with Crippen LogP contribution in [-0.4, -0.2) is 41.0 Å². The van der Waals surface area contributed by atoms with Crippen LogP contribution in [0.5, 0.6) is 5.75 Å². The number of halogens is 1. The summed E-state index contributed by atoms with van der Waals surface area (Å²) in [6.45, 7) is 4.53. The van der Waals surface area contributed by atoms with E-state index in [0.29, 0.717) is 23.4 Å². The molecule has 38 heavy (non-hydrogen) atoms. The van der Waals surface area contributed by atoms with Gasteiger partial charge >= 0.3 is 5.97 Å². The molecule has 0 fully saturated rings. The zero-order valence-electron chi connectivity index (χ0n) is 21.3. The summed E-state index contributed by atoms with van der Waals surface area (Å²) in [5, 5.41) is 35.5. The second kappa shape index (κ2) is 12.6. The smallest absolute Gasteiger partial charge is 0.336 e. The number of ether oxygens (including phenoxy) is 1. The van der Waals surface area contributed by atoms with Crippen molar-refractivity contribution in [3.05, 3.63) is 102 Å². The summed E-state index contributed by atoms with van der Waals surface area (Å²) in [5.74, 6) is -0.692. The number of aromatic carboxylic acids is 1. The molecule has 6 nitrogen and oxygen atoms in total. The zero-order valence-corrected chi connectivity index (χ0v) is 22.2. The largest absolute Gasteiger partial charge is 0.489 e. The molecular weight excluding hydrogens is 500 g/mol. The Labute approximate surface area is 228 Å². The number of aliphatic hydroxyl groups excluding tert-OH is 1. The number of β-amino-alcohol motifs (C(OH)–C–C–N with tert-alkyl or cyclic N) is 1. The van der Waals surface area contributed by atoms with Gasteiger partial charge in [-0.3, -0.25) is 0 Å². The Balaban J connectivity index is 0.00000400. The van der Waals surface area contributed by atoms with Crippen LogP contribution < -0.4 is 10.1 Å². The van der Waals surface area contributed by atoms with Gasteiger partial charge in [0.2, 0.25) is 0 Å². The molecule has 0 aliphatic carbocycles. The van der Waals surface area contributed by atoms with Crippen LogP contribution in [0, 0.1) is 11.3 Å². The SMILES string of the molecule is CC(C)(Cc1ccc2ccccc2c1)NC[C@@H](O)COc1ccc(-c2ccccc2C(=O)O)cc1C#N.Cl. The van der Waals surface area contributed by atoms with Crippen molar-refractivity contribution >= 4 is 29.1 Å². The fourth-order valence-corrected chi connectivity index (χ4v) is 4.39. The van der Waals surface area contributed by atoms with Crippen LogP contribution >= 0.6 is 12.4 Å². The molecular formula is C31H31ClN2O4. The van der Waals surface area contributed by atoms with E-state index in [2.05, 4.69) is 55.6 Å². The number of aliphatic hydroxyl groups is 1. The van der Waals surface area contributed by atoms with Crippen molar-refractivity contribution in [3.63, 3.8) is 0 Å². The lowest BCUT2D eigenvalue weighted by atomic mass is 9.93. The number of nitriles is 1. The van der Waals surface area contributed by atoms with E-state index < -0.39 is 12.1 Å². The van der Waals surface area contributed by atoms with Crippen LogP contribution in [0.4, 0.5) is 0 Å². The number of benzene rings is 4. The van der Waals surface area contributed by atoms with E-state index in [1.807, 2.05) is 12.1 Å². The number of carboxylic acids is 1. The Morgan fingerprint density at radius 2 is 1.71 bits per heavy atom. The molecule has 0 saturated carbocycles. The molecule has 196 valence electrons. The summed E-state index contributed by atoms with van der Waals surface area (Å²) in [6.07, 6.45) is 0.0124. The van der Waals surface area contributed by atoms with Crippen LogP contribution in [-0.2, 0) is 6.42 Å². The molecule has 4 rings (SSSR count). The van der Waals surface area contributed by atoms with Crippen molar-refractivity contribution in [1.29, 1.82) is 5.26 Å². The quantitative estimate of drug-likeness (QED) is 0.238. The second-order valence-electron chi connectivity index (χ2n) is 9.76. The van der Waals surface area contributed by atoms with Crippen LogP contribution in [0.1, 0.15) is 35.3 Å². The van der Waals surface area contributed by atoms with Crippen molar-refractivity contribution in [2.24, 2.45) is 0 Å². The van der Waals surface area contributed by atoms with Gasteiger partial charge in [-0.05, 0) is 65.9 Å². The van der Waals surface area contributed by atoms with Gasteiger partial charge < -0.3 is 20.3 Å². The molecule has 0 bridgehead atoms. The highest BCUT2D eigenvalue weighted by molar-refractivity contribution is 5.96. The Hall–Kier alpha value is -3.89. The molecule has 4 aromatic rings. The molecule has 7 heteroatoms. The Bertz CT molecular complexity index is 1460. The topological polar surface area (TPSA) is 103 Å². The van der Waals surface area contributed by atoms with Gasteiger partial charge in [-0.2, -0.15) is 5.26 Å². The molecule has 0 aromatic heterocycles. The zero-order chi connectivity index (χ0) is 26.4. The normalized spacial score (nSPS) is 11.8. The first-order valence-electron chi connectivity index (χ1n) is 12.2. The predicted octanol–water partition coefficient (Wildman–Crippen LogP) is 5.85. The average Bonchev–Trinajstić information content (AvgIpc) is 2.90. The van der Waals surface area contributed by atoms with Crippen molar-refractivity contribution in [1.82, 2.24) is 5.32 Å². The first-order chi connectivity index (χ1) is 17.8. The molecule has 0 unspecified atom stereocenters. The minimum Gasteiger partial charge on any atom is -0.489 e. The lowest BCUT2D eigenvalue weighted by molar-refractivity contribution is 0.0697. The number of rotatable bonds is 10. The van der Waals surface area contributed by atoms with E-state index in [-0.39, 0.29) is 35.7 Å². The van der Waals surface area contributed by atoms with Gasteiger partial charge in [-0.25, -0.2) is 4.79 Å². The van der Waals surface area contributed by atoms with E-state index in [9.17, 15) is 20.3 Å². The average molecular weight is 531 g/mol. The first kappa shape index (κ1) is 28.7. The number of nitrogens with zero attached hydrogens (tertiary/aromatic N) is 1. The molecule has 4 aromatic carbocycles. The van der Waals surface area contributed by atoms with Gasteiger partial charge in [0.05, 0.1) is 11.1 Å². The summed E-state index contributed by atoms with van der Waals surface area (Å²) in [4.78, 5) is 11.6. The van der Waals surface area contributed by atoms with Crippen LogP contribution in [0.25, 0.3) is 21.9 Å². The van der Waals surface area contributed by atoms with Gasteiger partial charge in [0.25, 0.3) is 0 Å². The third kappa shape index (κ3) is 7.11. The maximum Gasteiger partial charge on any atom is 0.336 e. The second-order valence-corrected chi connectivity index (χ2v) is 9.76. The van der Waals surface area contributed by atoms with Gasteiger partial charge in [0.1, 0.15) is 24.5 Å². The fourth-order valence-electron chi connectivity index (χ4n) is 4.39. The Morgan fingerprint density at radius 3 is 2.45 bits per heavy atom. The van der Waals surface area contributed by atoms with E-state index in [0.717, 1.165) is 6.42 Å². The van der Waals surface area contributed by atoms with Gasteiger partial charge in [-0.1, -0.05) is 66.7 Å². The molecule has 0 amide bonds. The minimum absolute atomic E-state index is 0. The van der Waals surface area contributed by atoms with Crippen molar-refractivity contribution in [3.8, 4) is 22.9 Å². The maximum atomic E-state index is 11.6. The molecule has 0 heterocycles. The lowest BCUT2D eigenvalue weighted by Gasteiger charge is -2.28. The van der Waals surface area contributed by atoms with E-state index in [1.54, 1.807) is 36.4 Å². The fraction of sp³-hybridized carbons (Fsp3) is 0.226. The minimum atomic E-state index is -1.03. The van der Waals surface area contributed by atoms with E-state index in [1.165, 1.54) is 22.4 Å². The first-order valence-corrected chi connectivity index (χ1v) is 12.2. The number of hydrogen-bond acceptors (Lipinski definition) is 5. The highest BCUT2D eigenvalue weighted by Gasteiger charge is 2.20. The van der Waals surface area contributed by atoms with Crippen LogP contribution in [0.2, 0.25) is 0 Å². The van der Waals surface area contributed by atoms with Crippen molar-refractivity contribution in [2.75, 3.05) is 13.2 Å². The monoisotopic (exact) mass is 530 g/mol. The van der Waals surface area contributed by atoms with Gasteiger partial charge in [-0.15, -0.1) is 12.4 Å². The third-order valence-electron chi connectivity index (χ3n) is 6.28. The molecule has 0 aliphatic heterocycles.